The van der Waals surface area contributed by atoms with Gasteiger partial charge in [-0.3, -0.25) is 9.59 Å². The van der Waals surface area contributed by atoms with Crippen molar-refractivity contribution in [1.29, 1.82) is 0 Å². The maximum atomic E-state index is 12.1. The van der Waals surface area contributed by atoms with Crippen LogP contribution in [0.1, 0.15) is 38.2 Å². The SMILES string of the molecule is CCCCCC(=O)Nc1cccc(NC(=O)COc2ccc(Br)cc2C)c1. The monoisotopic (exact) mass is 432 g/mol. The van der Waals surface area contributed by atoms with Crippen LogP contribution in [0.3, 0.4) is 0 Å². The molecule has 2 aromatic carbocycles. The minimum absolute atomic E-state index is 0.0130. The maximum Gasteiger partial charge on any atom is 0.262 e. The number of anilines is 2. The number of halogens is 1. The molecule has 144 valence electrons. The van der Waals surface area contributed by atoms with Crippen LogP contribution in [0.15, 0.2) is 46.9 Å². The van der Waals surface area contributed by atoms with E-state index in [1.54, 1.807) is 24.3 Å². The van der Waals surface area contributed by atoms with Crippen molar-refractivity contribution in [3.05, 3.63) is 52.5 Å². The van der Waals surface area contributed by atoms with Gasteiger partial charge in [0.15, 0.2) is 6.61 Å². The molecule has 0 atom stereocenters. The first-order valence-electron chi connectivity index (χ1n) is 9.06. The number of ether oxygens (including phenoxy) is 1. The van der Waals surface area contributed by atoms with Crippen LogP contribution in [0, 0.1) is 6.92 Å². The van der Waals surface area contributed by atoms with Gasteiger partial charge in [-0.2, -0.15) is 0 Å². The number of amides is 2. The number of hydrogen-bond donors (Lipinski definition) is 2. The third kappa shape index (κ3) is 7.43. The molecule has 5 nitrogen and oxygen atoms in total. The van der Waals surface area contributed by atoms with Crippen molar-refractivity contribution in [2.75, 3.05) is 17.2 Å². The number of carbonyl (C=O) groups excluding carboxylic acids is 2. The van der Waals surface area contributed by atoms with E-state index in [-0.39, 0.29) is 18.4 Å². The minimum atomic E-state index is -0.260. The van der Waals surface area contributed by atoms with E-state index in [1.807, 2.05) is 25.1 Å². The molecule has 0 unspecified atom stereocenters. The first kappa shape index (κ1) is 21.0. The zero-order valence-electron chi connectivity index (χ0n) is 15.7. The Morgan fingerprint density at radius 3 is 2.37 bits per heavy atom. The van der Waals surface area contributed by atoms with E-state index in [0.29, 0.717) is 23.5 Å². The summed E-state index contributed by atoms with van der Waals surface area (Å²) in [5.41, 5.74) is 2.23. The van der Waals surface area contributed by atoms with Gasteiger partial charge in [0.25, 0.3) is 5.91 Å². The number of carbonyl (C=O) groups is 2. The Labute approximate surface area is 168 Å². The lowest BCUT2D eigenvalue weighted by Gasteiger charge is -2.11. The fraction of sp³-hybridized carbons (Fsp3) is 0.333. The van der Waals surface area contributed by atoms with E-state index in [9.17, 15) is 9.59 Å². The number of rotatable bonds is 9. The molecule has 0 saturated heterocycles. The van der Waals surface area contributed by atoms with Crippen LogP contribution in [0.25, 0.3) is 0 Å². The van der Waals surface area contributed by atoms with Crippen LogP contribution >= 0.6 is 15.9 Å². The molecule has 0 radical (unpaired) electrons. The second kappa shape index (κ2) is 10.7. The third-order valence-electron chi connectivity index (χ3n) is 3.93. The largest absolute Gasteiger partial charge is 0.483 e. The molecule has 0 bridgehead atoms. The standard InChI is InChI=1S/C21H25BrN2O3/c1-3-4-5-9-20(25)23-17-7-6-8-18(13-17)24-21(26)14-27-19-11-10-16(22)12-15(19)2/h6-8,10-13H,3-5,9,14H2,1-2H3,(H,23,25)(H,24,26). The van der Waals surface area contributed by atoms with Gasteiger partial charge in [-0.1, -0.05) is 41.8 Å². The van der Waals surface area contributed by atoms with Crippen molar-refractivity contribution in [2.24, 2.45) is 0 Å². The molecule has 0 aromatic heterocycles. The maximum absolute atomic E-state index is 12.1. The fourth-order valence-corrected chi connectivity index (χ4v) is 3.02. The van der Waals surface area contributed by atoms with Gasteiger partial charge in [-0.15, -0.1) is 0 Å². The van der Waals surface area contributed by atoms with Crippen LogP contribution in [-0.4, -0.2) is 18.4 Å². The predicted molar refractivity (Wildman–Crippen MR) is 112 cm³/mol. The molecule has 0 spiro atoms. The molecule has 0 saturated carbocycles. The molecule has 0 aliphatic rings. The number of nitrogens with one attached hydrogen (secondary N) is 2. The first-order chi connectivity index (χ1) is 13.0. The molecule has 0 fully saturated rings. The molecular formula is C21H25BrN2O3. The van der Waals surface area contributed by atoms with Gasteiger partial charge >= 0.3 is 0 Å². The molecule has 2 aromatic rings. The molecule has 2 rings (SSSR count). The minimum Gasteiger partial charge on any atom is -0.483 e. The molecule has 2 amide bonds. The smallest absolute Gasteiger partial charge is 0.262 e. The molecule has 0 aliphatic carbocycles. The lowest BCUT2D eigenvalue weighted by atomic mass is 10.2. The van der Waals surface area contributed by atoms with Crippen LogP contribution in [0.5, 0.6) is 5.75 Å². The van der Waals surface area contributed by atoms with E-state index in [0.717, 1.165) is 29.3 Å². The van der Waals surface area contributed by atoms with Crippen molar-refractivity contribution in [2.45, 2.75) is 39.5 Å². The van der Waals surface area contributed by atoms with Crippen molar-refractivity contribution in [1.82, 2.24) is 0 Å². The predicted octanol–water partition coefficient (Wildman–Crippen LogP) is 5.29. The number of aryl methyl sites for hydroxylation is 1. The Morgan fingerprint density at radius 2 is 1.70 bits per heavy atom. The Morgan fingerprint density at radius 1 is 1.00 bits per heavy atom. The van der Waals surface area contributed by atoms with Gasteiger partial charge < -0.3 is 15.4 Å². The first-order valence-corrected chi connectivity index (χ1v) is 9.86. The highest BCUT2D eigenvalue weighted by Gasteiger charge is 2.07. The lowest BCUT2D eigenvalue weighted by molar-refractivity contribution is -0.118. The highest BCUT2D eigenvalue weighted by atomic mass is 79.9. The average Bonchev–Trinajstić information content (AvgIpc) is 2.61. The van der Waals surface area contributed by atoms with Gasteiger partial charge in [0, 0.05) is 22.3 Å². The zero-order valence-corrected chi connectivity index (χ0v) is 17.3. The lowest BCUT2D eigenvalue weighted by Crippen LogP contribution is -2.20. The van der Waals surface area contributed by atoms with Gasteiger partial charge in [-0.25, -0.2) is 0 Å². The topological polar surface area (TPSA) is 67.4 Å². The number of unbranched alkanes of at least 4 members (excludes halogenated alkanes) is 2. The number of hydrogen-bond acceptors (Lipinski definition) is 3. The zero-order chi connectivity index (χ0) is 19.6. The molecule has 6 heteroatoms. The summed E-state index contributed by atoms with van der Waals surface area (Å²) < 4.78 is 6.54. The second-order valence-corrected chi connectivity index (χ2v) is 7.25. The van der Waals surface area contributed by atoms with Crippen LogP contribution in [-0.2, 0) is 9.59 Å². The number of benzene rings is 2. The average molecular weight is 433 g/mol. The van der Waals surface area contributed by atoms with Crippen molar-refractivity contribution in [3.63, 3.8) is 0 Å². The summed E-state index contributed by atoms with van der Waals surface area (Å²) in [5.74, 6) is 0.395. The van der Waals surface area contributed by atoms with Crippen LogP contribution in [0.2, 0.25) is 0 Å². The van der Waals surface area contributed by atoms with E-state index in [2.05, 4.69) is 33.5 Å². The molecule has 0 heterocycles. The normalized spacial score (nSPS) is 10.3. The molecule has 0 aliphatic heterocycles. The third-order valence-corrected chi connectivity index (χ3v) is 4.43. The van der Waals surface area contributed by atoms with Crippen molar-refractivity contribution >= 4 is 39.1 Å². The van der Waals surface area contributed by atoms with Crippen LogP contribution < -0.4 is 15.4 Å². The van der Waals surface area contributed by atoms with Crippen LogP contribution in [0.4, 0.5) is 11.4 Å². The van der Waals surface area contributed by atoms with E-state index >= 15 is 0 Å². The Bertz CT molecular complexity index is 793. The Balaban J connectivity index is 1.85. The van der Waals surface area contributed by atoms with Gasteiger partial charge in [0.1, 0.15) is 5.75 Å². The van der Waals surface area contributed by atoms with Crippen molar-refractivity contribution < 1.29 is 14.3 Å². The summed E-state index contributed by atoms with van der Waals surface area (Å²) in [7, 11) is 0. The highest BCUT2D eigenvalue weighted by molar-refractivity contribution is 9.10. The van der Waals surface area contributed by atoms with Gasteiger partial charge in [0.05, 0.1) is 0 Å². The van der Waals surface area contributed by atoms with Gasteiger partial charge in [-0.05, 0) is 55.3 Å². The van der Waals surface area contributed by atoms with E-state index in [1.165, 1.54) is 0 Å². The quantitative estimate of drug-likeness (QED) is 0.528. The van der Waals surface area contributed by atoms with Crippen molar-refractivity contribution in [3.8, 4) is 5.75 Å². The second-order valence-electron chi connectivity index (χ2n) is 6.33. The molecule has 27 heavy (non-hydrogen) atoms. The molecular weight excluding hydrogens is 408 g/mol. The summed E-state index contributed by atoms with van der Waals surface area (Å²) in [4.78, 5) is 24.1. The molecule has 2 N–H and O–H groups in total. The summed E-state index contributed by atoms with van der Waals surface area (Å²) in [6.07, 6.45) is 3.51. The van der Waals surface area contributed by atoms with Gasteiger partial charge in [0.2, 0.25) is 5.91 Å². The summed E-state index contributed by atoms with van der Waals surface area (Å²) in [6.45, 7) is 3.94. The summed E-state index contributed by atoms with van der Waals surface area (Å²) in [6, 6.07) is 12.7. The highest BCUT2D eigenvalue weighted by Crippen LogP contribution is 2.22. The summed E-state index contributed by atoms with van der Waals surface area (Å²) >= 11 is 3.40. The fourth-order valence-electron chi connectivity index (χ4n) is 2.55. The summed E-state index contributed by atoms with van der Waals surface area (Å²) in [5, 5.41) is 5.64. The Hall–Kier alpha value is -2.34. The van der Waals surface area contributed by atoms with E-state index < -0.39 is 0 Å². The Kier molecular flexibility index (Phi) is 8.33. The van der Waals surface area contributed by atoms with E-state index in [4.69, 9.17) is 4.74 Å².